The summed E-state index contributed by atoms with van der Waals surface area (Å²) in [4.78, 5) is 11.8. The van der Waals surface area contributed by atoms with E-state index in [0.29, 0.717) is 0 Å². The smallest absolute Gasteiger partial charge is 0.407 e. The second-order valence-electron chi connectivity index (χ2n) is 5.85. The number of nitrogens with one attached hydrogen (secondary N) is 2. The van der Waals surface area contributed by atoms with Gasteiger partial charge < -0.3 is 15.4 Å². The van der Waals surface area contributed by atoms with Gasteiger partial charge in [0.25, 0.3) is 0 Å². The fourth-order valence-electron chi connectivity index (χ4n) is 2.32. The molecule has 19 heavy (non-hydrogen) atoms. The molecule has 1 fully saturated rings. The fourth-order valence-corrected chi connectivity index (χ4v) is 2.32. The SMILES string of the molecule is Cn1nccc1[C@@H]1NCC[C@H]1NC(=O)OC(C)(C)C. The Bertz CT molecular complexity index is 450. The third-order valence-electron chi connectivity index (χ3n) is 3.10. The molecule has 1 aliphatic heterocycles. The number of aryl methyl sites for hydroxylation is 1. The zero-order valence-corrected chi connectivity index (χ0v) is 11.9. The highest BCUT2D eigenvalue weighted by atomic mass is 16.6. The quantitative estimate of drug-likeness (QED) is 0.848. The highest BCUT2D eigenvalue weighted by molar-refractivity contribution is 5.68. The zero-order chi connectivity index (χ0) is 14.0. The molecule has 2 atom stereocenters. The third kappa shape index (κ3) is 3.47. The van der Waals surface area contributed by atoms with Gasteiger partial charge >= 0.3 is 6.09 Å². The number of carbonyl (C=O) groups is 1. The van der Waals surface area contributed by atoms with E-state index in [9.17, 15) is 4.79 Å². The lowest BCUT2D eigenvalue weighted by Gasteiger charge is -2.24. The monoisotopic (exact) mass is 266 g/mol. The lowest BCUT2D eigenvalue weighted by molar-refractivity contribution is 0.0499. The van der Waals surface area contributed by atoms with Crippen molar-refractivity contribution in [2.45, 2.75) is 44.9 Å². The molecular formula is C13H22N4O2. The van der Waals surface area contributed by atoms with Gasteiger partial charge in [0.15, 0.2) is 0 Å². The molecule has 1 amide bonds. The summed E-state index contributed by atoms with van der Waals surface area (Å²) in [6.07, 6.45) is 2.28. The summed E-state index contributed by atoms with van der Waals surface area (Å²) >= 11 is 0. The maximum atomic E-state index is 11.8. The second-order valence-corrected chi connectivity index (χ2v) is 5.85. The van der Waals surface area contributed by atoms with Crippen molar-refractivity contribution in [2.75, 3.05) is 6.54 Å². The standard InChI is InChI=1S/C13H22N4O2/c1-13(2,3)19-12(18)16-9-5-7-14-11(9)10-6-8-15-17(10)4/h6,8-9,11,14H,5,7H2,1-4H3,(H,16,18)/t9-,11-/m1/s1. The van der Waals surface area contributed by atoms with Crippen molar-refractivity contribution in [3.05, 3.63) is 18.0 Å². The molecule has 0 bridgehead atoms. The van der Waals surface area contributed by atoms with Crippen LogP contribution >= 0.6 is 0 Å². The summed E-state index contributed by atoms with van der Waals surface area (Å²) in [6, 6.07) is 2.08. The van der Waals surface area contributed by atoms with Crippen molar-refractivity contribution in [3.63, 3.8) is 0 Å². The van der Waals surface area contributed by atoms with Gasteiger partial charge in [-0.1, -0.05) is 0 Å². The van der Waals surface area contributed by atoms with E-state index >= 15 is 0 Å². The predicted molar refractivity (Wildman–Crippen MR) is 71.7 cm³/mol. The van der Waals surface area contributed by atoms with Gasteiger partial charge in [0.05, 0.1) is 17.8 Å². The Morgan fingerprint density at radius 1 is 1.58 bits per heavy atom. The first-order valence-electron chi connectivity index (χ1n) is 6.57. The molecule has 0 unspecified atom stereocenters. The Balaban J connectivity index is 2.00. The molecule has 0 aromatic carbocycles. The number of nitrogens with zero attached hydrogens (tertiary/aromatic N) is 2. The molecule has 0 aliphatic carbocycles. The number of carbonyl (C=O) groups excluding carboxylic acids is 1. The number of rotatable bonds is 2. The Labute approximate surface area is 113 Å². The van der Waals surface area contributed by atoms with E-state index in [4.69, 9.17) is 4.74 Å². The van der Waals surface area contributed by atoms with Gasteiger partial charge in [-0.2, -0.15) is 5.10 Å². The van der Waals surface area contributed by atoms with Crippen LogP contribution in [0.3, 0.4) is 0 Å². The predicted octanol–water partition coefficient (Wildman–Crippen LogP) is 1.35. The van der Waals surface area contributed by atoms with Crippen molar-refractivity contribution in [2.24, 2.45) is 7.05 Å². The molecule has 1 aliphatic rings. The highest BCUT2D eigenvalue weighted by Gasteiger charge is 2.32. The minimum absolute atomic E-state index is 0.0326. The lowest BCUT2D eigenvalue weighted by Crippen LogP contribution is -2.42. The van der Waals surface area contributed by atoms with Crippen LogP contribution in [-0.2, 0) is 11.8 Å². The summed E-state index contributed by atoms with van der Waals surface area (Å²) < 4.78 is 7.12. The topological polar surface area (TPSA) is 68.2 Å². The first-order valence-corrected chi connectivity index (χ1v) is 6.57. The zero-order valence-electron chi connectivity index (χ0n) is 11.9. The van der Waals surface area contributed by atoms with Crippen LogP contribution in [0.5, 0.6) is 0 Å². The van der Waals surface area contributed by atoms with Gasteiger partial charge in [-0.3, -0.25) is 4.68 Å². The van der Waals surface area contributed by atoms with Crippen molar-refractivity contribution < 1.29 is 9.53 Å². The fraction of sp³-hybridized carbons (Fsp3) is 0.692. The molecule has 0 saturated carbocycles. The van der Waals surface area contributed by atoms with Crippen LogP contribution in [0.2, 0.25) is 0 Å². The maximum absolute atomic E-state index is 11.8. The molecule has 6 nitrogen and oxygen atoms in total. The molecule has 0 radical (unpaired) electrons. The van der Waals surface area contributed by atoms with Crippen LogP contribution in [0.15, 0.2) is 12.3 Å². The van der Waals surface area contributed by atoms with Gasteiger partial charge in [-0.05, 0) is 39.8 Å². The highest BCUT2D eigenvalue weighted by Crippen LogP contribution is 2.23. The second kappa shape index (κ2) is 5.21. The maximum Gasteiger partial charge on any atom is 0.407 e. The van der Waals surface area contributed by atoms with Crippen LogP contribution < -0.4 is 10.6 Å². The van der Waals surface area contributed by atoms with Crippen LogP contribution in [0.1, 0.15) is 38.9 Å². The minimum atomic E-state index is -0.474. The van der Waals surface area contributed by atoms with Gasteiger partial charge in [0.2, 0.25) is 0 Å². The number of hydrogen-bond acceptors (Lipinski definition) is 4. The van der Waals surface area contributed by atoms with Crippen LogP contribution in [0, 0.1) is 0 Å². The molecule has 1 aromatic heterocycles. The van der Waals surface area contributed by atoms with Gasteiger partial charge in [-0.25, -0.2) is 4.79 Å². The molecule has 2 heterocycles. The van der Waals surface area contributed by atoms with E-state index in [2.05, 4.69) is 15.7 Å². The van der Waals surface area contributed by atoms with Gasteiger partial charge in [0.1, 0.15) is 5.60 Å². The Hall–Kier alpha value is -1.56. The Kier molecular flexibility index (Phi) is 3.80. The molecule has 2 rings (SSSR count). The van der Waals surface area contributed by atoms with Crippen molar-refractivity contribution in [1.82, 2.24) is 20.4 Å². The minimum Gasteiger partial charge on any atom is -0.444 e. The molecular weight excluding hydrogens is 244 g/mol. The molecule has 1 saturated heterocycles. The van der Waals surface area contributed by atoms with Crippen molar-refractivity contribution in [3.8, 4) is 0 Å². The normalized spacial score (nSPS) is 23.4. The summed E-state index contributed by atoms with van der Waals surface area (Å²) in [5, 5.41) is 10.5. The summed E-state index contributed by atoms with van der Waals surface area (Å²) in [6.45, 7) is 6.45. The third-order valence-corrected chi connectivity index (χ3v) is 3.10. The summed E-state index contributed by atoms with van der Waals surface area (Å²) in [5.41, 5.74) is 0.594. The number of alkyl carbamates (subject to hydrolysis) is 1. The Morgan fingerprint density at radius 2 is 2.32 bits per heavy atom. The molecule has 2 N–H and O–H groups in total. The average Bonchev–Trinajstić information content (AvgIpc) is 2.83. The van der Waals surface area contributed by atoms with Crippen LogP contribution in [-0.4, -0.2) is 34.1 Å². The van der Waals surface area contributed by atoms with Crippen molar-refractivity contribution in [1.29, 1.82) is 0 Å². The average molecular weight is 266 g/mol. The summed E-state index contributed by atoms with van der Waals surface area (Å²) in [5.74, 6) is 0. The van der Waals surface area contributed by atoms with E-state index in [1.807, 2.05) is 38.6 Å². The van der Waals surface area contributed by atoms with E-state index in [1.165, 1.54) is 0 Å². The van der Waals surface area contributed by atoms with E-state index in [1.54, 1.807) is 6.20 Å². The molecule has 6 heteroatoms. The van der Waals surface area contributed by atoms with E-state index < -0.39 is 5.60 Å². The van der Waals surface area contributed by atoms with E-state index in [-0.39, 0.29) is 18.2 Å². The molecule has 106 valence electrons. The largest absolute Gasteiger partial charge is 0.444 e. The number of ether oxygens (including phenoxy) is 1. The van der Waals surface area contributed by atoms with Gasteiger partial charge in [0, 0.05) is 13.2 Å². The lowest BCUT2D eigenvalue weighted by atomic mass is 10.1. The first kappa shape index (κ1) is 13.9. The Morgan fingerprint density at radius 3 is 2.89 bits per heavy atom. The molecule has 0 spiro atoms. The van der Waals surface area contributed by atoms with Crippen LogP contribution in [0.25, 0.3) is 0 Å². The van der Waals surface area contributed by atoms with Crippen molar-refractivity contribution >= 4 is 6.09 Å². The first-order chi connectivity index (χ1) is 8.87. The van der Waals surface area contributed by atoms with E-state index in [0.717, 1.165) is 18.7 Å². The van der Waals surface area contributed by atoms with Crippen LogP contribution in [0.4, 0.5) is 4.79 Å². The van der Waals surface area contributed by atoms with Gasteiger partial charge in [-0.15, -0.1) is 0 Å². The molecule has 1 aromatic rings. The number of hydrogen-bond donors (Lipinski definition) is 2. The number of amides is 1. The summed E-state index contributed by atoms with van der Waals surface area (Å²) in [7, 11) is 1.90. The number of aromatic nitrogens is 2.